The summed E-state index contributed by atoms with van der Waals surface area (Å²) in [6, 6.07) is 7.45. The molecule has 108 valence electrons. The van der Waals surface area contributed by atoms with Gasteiger partial charge in [0.15, 0.2) is 10.1 Å². The van der Waals surface area contributed by atoms with Crippen LogP contribution in [0.1, 0.15) is 15.4 Å². The summed E-state index contributed by atoms with van der Waals surface area (Å²) in [7, 11) is 0. The molecule has 3 aromatic rings. The summed E-state index contributed by atoms with van der Waals surface area (Å²) in [5, 5.41) is 13.9. The van der Waals surface area contributed by atoms with E-state index < -0.39 is 0 Å². The summed E-state index contributed by atoms with van der Waals surface area (Å²) < 4.78 is 6.01. The molecule has 0 unspecified atom stereocenters. The molecule has 3 rings (SSSR count). The second-order valence-corrected chi connectivity index (χ2v) is 7.14. The lowest BCUT2D eigenvalue weighted by molar-refractivity contribution is 0.102. The molecule has 0 aliphatic carbocycles. The highest BCUT2D eigenvalue weighted by Crippen LogP contribution is 2.26. The van der Waals surface area contributed by atoms with Gasteiger partial charge in [-0.25, -0.2) is 0 Å². The Labute approximate surface area is 133 Å². The number of anilines is 1. The zero-order chi connectivity index (χ0) is 14.5. The third kappa shape index (κ3) is 3.93. The Bertz CT molecular complexity index is 692. The Morgan fingerprint density at radius 2 is 2.29 bits per heavy atom. The van der Waals surface area contributed by atoms with E-state index in [1.54, 1.807) is 6.26 Å². The molecule has 0 aliphatic rings. The van der Waals surface area contributed by atoms with Gasteiger partial charge in [-0.2, -0.15) is 0 Å². The first-order valence-corrected chi connectivity index (χ1v) is 8.79. The maximum atomic E-state index is 11.9. The number of Topliss-reactive ketones (excluding diaryl/α,β-unsaturated/α-hetero) is 1. The van der Waals surface area contributed by atoms with E-state index >= 15 is 0 Å². The van der Waals surface area contributed by atoms with Crippen LogP contribution in [0.25, 0.3) is 0 Å². The minimum atomic E-state index is 0.121. The summed E-state index contributed by atoms with van der Waals surface area (Å²) in [6.45, 7) is 0.570. The van der Waals surface area contributed by atoms with E-state index in [1.807, 2.05) is 29.6 Å². The monoisotopic (exact) mass is 337 g/mol. The van der Waals surface area contributed by atoms with Crippen molar-refractivity contribution in [1.29, 1.82) is 0 Å². The number of aromatic nitrogens is 2. The van der Waals surface area contributed by atoms with Gasteiger partial charge in [0.1, 0.15) is 5.76 Å². The van der Waals surface area contributed by atoms with Crippen LogP contribution in [0.15, 0.2) is 44.7 Å². The van der Waals surface area contributed by atoms with Gasteiger partial charge in [-0.15, -0.1) is 21.5 Å². The average molecular weight is 337 g/mol. The van der Waals surface area contributed by atoms with Gasteiger partial charge in [0.2, 0.25) is 5.13 Å². The number of carbonyl (C=O) groups is 1. The lowest BCUT2D eigenvalue weighted by Crippen LogP contribution is -1.98. The number of thiophene rings is 1. The average Bonchev–Trinajstić information content (AvgIpc) is 3.24. The number of rotatable bonds is 7. The van der Waals surface area contributed by atoms with Gasteiger partial charge < -0.3 is 9.73 Å². The molecule has 0 saturated heterocycles. The van der Waals surface area contributed by atoms with Gasteiger partial charge in [-0.1, -0.05) is 29.2 Å². The molecule has 0 spiro atoms. The maximum Gasteiger partial charge on any atom is 0.206 e. The quantitative estimate of drug-likeness (QED) is 0.523. The minimum Gasteiger partial charge on any atom is -0.467 e. The normalized spacial score (nSPS) is 10.7. The van der Waals surface area contributed by atoms with Crippen molar-refractivity contribution < 1.29 is 9.21 Å². The highest BCUT2D eigenvalue weighted by atomic mass is 32.2. The molecule has 5 nitrogen and oxygen atoms in total. The van der Waals surface area contributed by atoms with Crippen molar-refractivity contribution >= 4 is 45.4 Å². The van der Waals surface area contributed by atoms with Crippen LogP contribution < -0.4 is 5.32 Å². The van der Waals surface area contributed by atoms with E-state index in [-0.39, 0.29) is 5.78 Å². The molecule has 0 bridgehead atoms. The summed E-state index contributed by atoms with van der Waals surface area (Å²) in [5.74, 6) is 1.34. The number of hydrogen-bond acceptors (Lipinski definition) is 8. The first-order valence-electron chi connectivity index (χ1n) is 6.10. The molecule has 3 aromatic heterocycles. The fraction of sp³-hybridized carbons (Fsp3) is 0.154. The van der Waals surface area contributed by atoms with E-state index in [0.717, 1.165) is 20.1 Å². The predicted molar refractivity (Wildman–Crippen MR) is 85.3 cm³/mol. The molecule has 0 amide bonds. The van der Waals surface area contributed by atoms with Crippen LogP contribution in [0.5, 0.6) is 0 Å². The molecule has 3 heterocycles. The minimum absolute atomic E-state index is 0.121. The molecule has 8 heteroatoms. The predicted octanol–water partition coefficient (Wildman–Crippen LogP) is 3.78. The van der Waals surface area contributed by atoms with Crippen LogP contribution >= 0.6 is 34.4 Å². The number of carbonyl (C=O) groups excluding carboxylic acids is 1. The van der Waals surface area contributed by atoms with E-state index in [2.05, 4.69) is 15.5 Å². The molecule has 0 saturated carbocycles. The van der Waals surface area contributed by atoms with Crippen molar-refractivity contribution in [3.8, 4) is 0 Å². The Hall–Kier alpha value is -1.64. The number of nitrogens with zero attached hydrogens (tertiary/aromatic N) is 2. The molecule has 0 radical (unpaired) electrons. The lowest BCUT2D eigenvalue weighted by Gasteiger charge is -1.97. The van der Waals surface area contributed by atoms with Gasteiger partial charge in [0, 0.05) is 0 Å². The van der Waals surface area contributed by atoms with E-state index in [9.17, 15) is 4.79 Å². The number of ketones is 1. The van der Waals surface area contributed by atoms with Crippen molar-refractivity contribution in [3.63, 3.8) is 0 Å². The van der Waals surface area contributed by atoms with Crippen LogP contribution in [0.3, 0.4) is 0 Å². The van der Waals surface area contributed by atoms with E-state index in [0.29, 0.717) is 12.3 Å². The van der Waals surface area contributed by atoms with Crippen LogP contribution in [-0.4, -0.2) is 21.7 Å². The summed E-state index contributed by atoms with van der Waals surface area (Å²) in [5.41, 5.74) is 0. The largest absolute Gasteiger partial charge is 0.467 e. The lowest BCUT2D eigenvalue weighted by atomic mass is 10.4. The highest BCUT2D eigenvalue weighted by molar-refractivity contribution is 8.01. The number of thioether (sulfide) groups is 1. The molecule has 0 aliphatic heterocycles. The molecule has 0 aromatic carbocycles. The smallest absolute Gasteiger partial charge is 0.206 e. The fourth-order valence-corrected chi connectivity index (χ4v) is 3.94. The van der Waals surface area contributed by atoms with Gasteiger partial charge in [0.25, 0.3) is 0 Å². The summed E-state index contributed by atoms with van der Waals surface area (Å²) in [6.07, 6.45) is 1.63. The second kappa shape index (κ2) is 6.88. The van der Waals surface area contributed by atoms with Gasteiger partial charge in [0.05, 0.1) is 23.4 Å². The first-order chi connectivity index (χ1) is 10.3. The Balaban J connectivity index is 1.49. The number of hydrogen-bond donors (Lipinski definition) is 1. The van der Waals surface area contributed by atoms with Crippen molar-refractivity contribution in [1.82, 2.24) is 10.2 Å². The SMILES string of the molecule is O=C(CSc1nnc(NCc2ccco2)s1)c1cccs1. The van der Waals surface area contributed by atoms with Crippen LogP contribution in [0.4, 0.5) is 5.13 Å². The Morgan fingerprint density at radius 1 is 1.33 bits per heavy atom. The maximum absolute atomic E-state index is 11.9. The first kappa shape index (κ1) is 14.3. The van der Waals surface area contributed by atoms with Crippen LogP contribution in [-0.2, 0) is 6.54 Å². The van der Waals surface area contributed by atoms with Crippen molar-refractivity contribution in [2.45, 2.75) is 10.9 Å². The van der Waals surface area contributed by atoms with Crippen LogP contribution in [0, 0.1) is 0 Å². The van der Waals surface area contributed by atoms with E-state index in [4.69, 9.17) is 4.42 Å². The van der Waals surface area contributed by atoms with E-state index in [1.165, 1.54) is 34.4 Å². The summed E-state index contributed by atoms with van der Waals surface area (Å²) >= 11 is 4.30. The van der Waals surface area contributed by atoms with Gasteiger partial charge in [-0.05, 0) is 23.6 Å². The van der Waals surface area contributed by atoms with Gasteiger partial charge >= 0.3 is 0 Å². The zero-order valence-electron chi connectivity index (χ0n) is 10.8. The zero-order valence-corrected chi connectivity index (χ0v) is 13.3. The van der Waals surface area contributed by atoms with Crippen molar-refractivity contribution in [2.75, 3.05) is 11.1 Å². The third-order valence-electron chi connectivity index (χ3n) is 2.52. The van der Waals surface area contributed by atoms with Crippen LogP contribution in [0.2, 0.25) is 0 Å². The molecule has 21 heavy (non-hydrogen) atoms. The third-order valence-corrected chi connectivity index (χ3v) is 5.45. The standard InChI is InChI=1S/C13H11N3O2S3/c17-10(11-4-2-6-19-11)8-20-13-16-15-12(21-13)14-7-9-3-1-5-18-9/h1-6H,7-8H2,(H,14,15). The molecular weight excluding hydrogens is 326 g/mol. The van der Waals surface area contributed by atoms with Gasteiger partial charge in [-0.3, -0.25) is 4.79 Å². The Kier molecular flexibility index (Phi) is 4.69. The molecule has 0 atom stereocenters. The second-order valence-electron chi connectivity index (χ2n) is 4.00. The summed E-state index contributed by atoms with van der Waals surface area (Å²) in [4.78, 5) is 12.7. The Morgan fingerprint density at radius 3 is 3.05 bits per heavy atom. The number of nitrogens with one attached hydrogen (secondary N) is 1. The molecule has 0 fully saturated rings. The van der Waals surface area contributed by atoms with Crippen molar-refractivity contribution in [2.24, 2.45) is 0 Å². The topological polar surface area (TPSA) is 68.0 Å². The highest BCUT2D eigenvalue weighted by Gasteiger charge is 2.10. The number of furan rings is 1. The molecule has 1 N–H and O–H groups in total. The molecular formula is C13H11N3O2S3. The van der Waals surface area contributed by atoms with Crippen molar-refractivity contribution in [3.05, 3.63) is 46.5 Å². The fourth-order valence-electron chi connectivity index (χ4n) is 1.55.